The fraction of sp³-hybridized carbons (Fsp3) is 0.462. The lowest BCUT2D eigenvalue weighted by atomic mass is 10.1. The zero-order chi connectivity index (χ0) is 14.2. The topological polar surface area (TPSA) is 26.3 Å². The van der Waals surface area contributed by atoms with Crippen LogP contribution in [0, 0.1) is 18.7 Å². The van der Waals surface area contributed by atoms with Crippen LogP contribution in [0.3, 0.4) is 0 Å². The van der Waals surface area contributed by atoms with Gasteiger partial charge in [-0.2, -0.15) is 13.2 Å². The summed E-state index contributed by atoms with van der Waals surface area (Å²) in [6.45, 7) is 1.49. The number of alkyl halides is 3. The highest BCUT2D eigenvalue weighted by molar-refractivity contribution is 5.89. The third kappa shape index (κ3) is 3.24. The van der Waals surface area contributed by atoms with Gasteiger partial charge in [0.05, 0.1) is 5.56 Å². The molecule has 1 aliphatic carbocycles. The van der Waals surface area contributed by atoms with Crippen molar-refractivity contribution in [3.05, 3.63) is 35.1 Å². The van der Waals surface area contributed by atoms with Crippen molar-refractivity contribution in [3.8, 4) is 0 Å². The maximum atomic E-state index is 13.3. The molecule has 0 bridgehead atoms. The molecule has 1 aromatic rings. The Balaban J connectivity index is 2.13. The van der Waals surface area contributed by atoms with Crippen molar-refractivity contribution in [1.82, 2.24) is 0 Å². The number of carbonyl (C=O) groups is 1. The number of halogens is 4. The van der Waals surface area contributed by atoms with Gasteiger partial charge in [-0.15, -0.1) is 0 Å². The van der Waals surface area contributed by atoms with Crippen LogP contribution in [0.5, 0.6) is 0 Å². The Kier molecular flexibility index (Phi) is 3.52. The first-order valence-electron chi connectivity index (χ1n) is 5.83. The van der Waals surface area contributed by atoms with Crippen LogP contribution in [0.15, 0.2) is 18.2 Å². The first kappa shape index (κ1) is 13.8. The molecule has 0 N–H and O–H groups in total. The van der Waals surface area contributed by atoms with Crippen LogP contribution in [0.25, 0.3) is 0 Å². The van der Waals surface area contributed by atoms with Crippen molar-refractivity contribution >= 4 is 5.97 Å². The van der Waals surface area contributed by atoms with Crippen LogP contribution >= 0.6 is 0 Å². The highest BCUT2D eigenvalue weighted by Gasteiger charge is 2.51. The van der Waals surface area contributed by atoms with E-state index in [2.05, 4.69) is 4.74 Å². The summed E-state index contributed by atoms with van der Waals surface area (Å²) in [7, 11) is 0. The smallest absolute Gasteiger partial charge is 0.425 e. The molecule has 2 nitrogen and oxygen atoms in total. The molecular formula is C13H12F4O2. The van der Waals surface area contributed by atoms with Gasteiger partial charge in [-0.05, 0) is 37.5 Å². The zero-order valence-electron chi connectivity index (χ0n) is 10.1. The van der Waals surface area contributed by atoms with Gasteiger partial charge in [0.25, 0.3) is 0 Å². The van der Waals surface area contributed by atoms with Gasteiger partial charge in [-0.25, -0.2) is 9.18 Å². The molecule has 104 valence electrons. The van der Waals surface area contributed by atoms with Crippen molar-refractivity contribution in [2.45, 2.75) is 32.0 Å². The van der Waals surface area contributed by atoms with Crippen LogP contribution in [0.2, 0.25) is 0 Å². The number of ether oxygens (including phenoxy) is 1. The largest absolute Gasteiger partial charge is 0.449 e. The van der Waals surface area contributed by atoms with Crippen molar-refractivity contribution < 1.29 is 27.1 Å². The molecule has 0 aliphatic heterocycles. The lowest BCUT2D eigenvalue weighted by Gasteiger charge is -2.20. The molecule has 1 atom stereocenters. The second-order valence-corrected chi connectivity index (χ2v) is 4.67. The van der Waals surface area contributed by atoms with Crippen molar-refractivity contribution in [2.75, 3.05) is 0 Å². The Bertz CT molecular complexity index is 492. The Labute approximate surface area is 107 Å². The van der Waals surface area contributed by atoms with Gasteiger partial charge < -0.3 is 4.74 Å². The average molecular weight is 276 g/mol. The first-order chi connectivity index (χ1) is 8.79. The molecule has 1 aliphatic rings. The minimum atomic E-state index is -4.58. The van der Waals surface area contributed by atoms with Gasteiger partial charge in [-0.3, -0.25) is 0 Å². The summed E-state index contributed by atoms with van der Waals surface area (Å²) in [6.07, 6.45) is -5.90. The summed E-state index contributed by atoms with van der Waals surface area (Å²) in [4.78, 5) is 11.6. The van der Waals surface area contributed by atoms with E-state index < -0.39 is 30.0 Å². The number of aryl methyl sites for hydroxylation is 1. The second kappa shape index (κ2) is 4.83. The quantitative estimate of drug-likeness (QED) is 0.622. The van der Waals surface area contributed by atoms with E-state index >= 15 is 0 Å². The minimum Gasteiger partial charge on any atom is -0.449 e. The molecule has 0 unspecified atom stereocenters. The lowest BCUT2D eigenvalue weighted by molar-refractivity contribution is -0.210. The molecular weight excluding hydrogens is 264 g/mol. The number of benzene rings is 1. The predicted molar refractivity (Wildman–Crippen MR) is 59.1 cm³/mol. The van der Waals surface area contributed by atoms with Gasteiger partial charge in [-0.1, -0.05) is 6.07 Å². The molecule has 0 amide bonds. The number of rotatable bonds is 3. The van der Waals surface area contributed by atoms with Gasteiger partial charge in [0.15, 0.2) is 6.10 Å². The summed E-state index contributed by atoms with van der Waals surface area (Å²) >= 11 is 0. The van der Waals surface area contributed by atoms with E-state index in [1.165, 1.54) is 19.1 Å². The van der Waals surface area contributed by atoms with Crippen LogP contribution in [0.1, 0.15) is 28.8 Å². The fourth-order valence-corrected chi connectivity index (χ4v) is 1.73. The highest BCUT2D eigenvalue weighted by atomic mass is 19.4. The molecule has 0 spiro atoms. The predicted octanol–water partition coefficient (Wildman–Crippen LogP) is 3.63. The van der Waals surface area contributed by atoms with Gasteiger partial charge in [0, 0.05) is 5.92 Å². The normalized spacial score (nSPS) is 17.1. The molecule has 0 radical (unpaired) electrons. The van der Waals surface area contributed by atoms with Crippen LogP contribution in [-0.4, -0.2) is 18.2 Å². The Hall–Kier alpha value is -1.59. The summed E-state index contributed by atoms with van der Waals surface area (Å²) < 4.78 is 55.8. The zero-order valence-corrected chi connectivity index (χ0v) is 10.1. The van der Waals surface area contributed by atoms with Crippen LogP contribution in [0.4, 0.5) is 17.6 Å². The monoisotopic (exact) mass is 276 g/mol. The van der Waals surface area contributed by atoms with E-state index in [4.69, 9.17) is 0 Å². The second-order valence-electron chi connectivity index (χ2n) is 4.67. The van der Waals surface area contributed by atoms with Crippen LogP contribution in [-0.2, 0) is 4.74 Å². The molecule has 0 aromatic heterocycles. The number of esters is 1. The van der Waals surface area contributed by atoms with E-state index in [0.29, 0.717) is 18.4 Å². The molecule has 6 heteroatoms. The van der Waals surface area contributed by atoms with Crippen molar-refractivity contribution in [1.29, 1.82) is 0 Å². The summed E-state index contributed by atoms with van der Waals surface area (Å²) in [5, 5.41) is 0. The number of carbonyl (C=O) groups excluding carboxylic acids is 1. The Morgan fingerprint density at radius 2 is 2.00 bits per heavy atom. The SMILES string of the molecule is Cc1ccc(C(=O)O[C@@H](C2CC2)C(F)(F)F)cc1F. The molecule has 0 saturated heterocycles. The third-order valence-electron chi connectivity index (χ3n) is 3.01. The van der Waals surface area contributed by atoms with Gasteiger partial charge >= 0.3 is 12.1 Å². The van der Waals surface area contributed by atoms with Crippen LogP contribution < -0.4 is 0 Å². The maximum absolute atomic E-state index is 13.3. The van der Waals surface area contributed by atoms with E-state index in [1.807, 2.05) is 0 Å². The summed E-state index contributed by atoms with van der Waals surface area (Å²) in [6, 6.07) is 3.46. The molecule has 0 heterocycles. The Morgan fingerprint density at radius 1 is 1.37 bits per heavy atom. The lowest BCUT2D eigenvalue weighted by Crippen LogP contribution is -2.35. The van der Waals surface area contributed by atoms with Crippen molar-refractivity contribution in [3.63, 3.8) is 0 Å². The van der Waals surface area contributed by atoms with E-state index in [0.717, 1.165) is 6.07 Å². The minimum absolute atomic E-state index is 0.210. The van der Waals surface area contributed by atoms with E-state index in [9.17, 15) is 22.4 Å². The van der Waals surface area contributed by atoms with Crippen molar-refractivity contribution in [2.24, 2.45) is 5.92 Å². The van der Waals surface area contributed by atoms with E-state index in [-0.39, 0.29) is 5.56 Å². The highest BCUT2D eigenvalue weighted by Crippen LogP contribution is 2.42. The number of hydrogen-bond acceptors (Lipinski definition) is 2. The molecule has 19 heavy (non-hydrogen) atoms. The first-order valence-corrected chi connectivity index (χ1v) is 5.83. The standard InChI is InChI=1S/C13H12F4O2/c1-7-2-3-9(6-10(7)14)12(18)19-11(8-4-5-8)13(15,16)17/h2-3,6,8,11H,4-5H2,1H3/t11-/m0/s1. The molecule has 2 rings (SSSR count). The summed E-state index contributed by atoms with van der Waals surface area (Å²) in [5.74, 6) is -2.46. The maximum Gasteiger partial charge on any atom is 0.425 e. The molecule has 1 aromatic carbocycles. The Morgan fingerprint density at radius 3 is 2.47 bits per heavy atom. The fourth-order valence-electron chi connectivity index (χ4n) is 1.73. The summed E-state index contributed by atoms with van der Waals surface area (Å²) in [5.41, 5.74) is 0.101. The van der Waals surface area contributed by atoms with E-state index in [1.54, 1.807) is 0 Å². The van der Waals surface area contributed by atoms with Gasteiger partial charge in [0.2, 0.25) is 0 Å². The van der Waals surface area contributed by atoms with Gasteiger partial charge in [0.1, 0.15) is 5.82 Å². The molecule has 1 fully saturated rings. The average Bonchev–Trinajstić information content (AvgIpc) is 3.11. The molecule has 1 saturated carbocycles. The third-order valence-corrected chi connectivity index (χ3v) is 3.01. The number of hydrogen-bond donors (Lipinski definition) is 0.